The summed E-state index contributed by atoms with van der Waals surface area (Å²) in [6, 6.07) is -0.0625. The molecule has 1 atom stereocenters. The minimum atomic E-state index is -0.0625. The molecule has 2 N–H and O–H groups in total. The molecule has 0 aliphatic rings. The Morgan fingerprint density at radius 1 is 1.59 bits per heavy atom. The standard InChI is InChI=1S/C12H21N3OS/c1-8(2)10(13)5-12(16)15(4)6-11-9(3)14-7-17-11/h7-8,10H,5-6,13H2,1-4H3. The Balaban J connectivity index is 2.50. The van der Waals surface area contributed by atoms with Gasteiger partial charge in [0.25, 0.3) is 0 Å². The third-order valence-corrected chi connectivity index (χ3v) is 3.84. The Morgan fingerprint density at radius 3 is 2.71 bits per heavy atom. The Labute approximate surface area is 107 Å². The fourth-order valence-corrected chi connectivity index (χ4v) is 2.20. The lowest BCUT2D eigenvalue weighted by Crippen LogP contribution is -2.35. The average Bonchev–Trinajstić information content (AvgIpc) is 2.64. The molecule has 1 aromatic heterocycles. The Morgan fingerprint density at radius 2 is 2.24 bits per heavy atom. The number of carbonyl (C=O) groups excluding carboxylic acids is 1. The van der Waals surface area contributed by atoms with Crippen LogP contribution in [0.3, 0.4) is 0 Å². The van der Waals surface area contributed by atoms with Crippen molar-refractivity contribution < 1.29 is 4.79 Å². The highest BCUT2D eigenvalue weighted by Gasteiger charge is 2.17. The normalized spacial score (nSPS) is 12.8. The molecule has 0 saturated carbocycles. The topological polar surface area (TPSA) is 59.2 Å². The monoisotopic (exact) mass is 255 g/mol. The smallest absolute Gasteiger partial charge is 0.224 e. The quantitative estimate of drug-likeness (QED) is 0.872. The highest BCUT2D eigenvalue weighted by Crippen LogP contribution is 2.15. The van der Waals surface area contributed by atoms with E-state index in [2.05, 4.69) is 4.98 Å². The van der Waals surface area contributed by atoms with Gasteiger partial charge in [0, 0.05) is 24.4 Å². The summed E-state index contributed by atoms with van der Waals surface area (Å²) in [4.78, 5) is 19.0. The van der Waals surface area contributed by atoms with Crippen LogP contribution in [-0.4, -0.2) is 28.9 Å². The molecule has 1 amide bonds. The lowest BCUT2D eigenvalue weighted by atomic mass is 10.0. The molecular formula is C12H21N3OS. The zero-order chi connectivity index (χ0) is 13.0. The SMILES string of the molecule is Cc1ncsc1CN(C)C(=O)CC(N)C(C)C. The van der Waals surface area contributed by atoms with Gasteiger partial charge < -0.3 is 10.6 Å². The molecule has 0 radical (unpaired) electrons. The maximum absolute atomic E-state index is 11.9. The molecule has 1 rings (SSSR count). The summed E-state index contributed by atoms with van der Waals surface area (Å²) in [5, 5.41) is 0. The first-order chi connectivity index (χ1) is 7.91. The van der Waals surface area contributed by atoms with Crippen LogP contribution in [0.1, 0.15) is 30.8 Å². The van der Waals surface area contributed by atoms with Crippen molar-refractivity contribution in [2.45, 2.75) is 39.8 Å². The second-order valence-electron chi connectivity index (χ2n) is 4.72. The maximum Gasteiger partial charge on any atom is 0.224 e. The summed E-state index contributed by atoms with van der Waals surface area (Å²) >= 11 is 1.58. The molecular weight excluding hydrogens is 234 g/mol. The summed E-state index contributed by atoms with van der Waals surface area (Å²) in [6.45, 7) is 6.65. The van der Waals surface area contributed by atoms with Crippen molar-refractivity contribution in [3.8, 4) is 0 Å². The van der Waals surface area contributed by atoms with E-state index in [1.807, 2.05) is 33.3 Å². The number of aromatic nitrogens is 1. The van der Waals surface area contributed by atoms with Crippen LogP contribution in [0.25, 0.3) is 0 Å². The second-order valence-corrected chi connectivity index (χ2v) is 5.66. The van der Waals surface area contributed by atoms with Gasteiger partial charge in [0.1, 0.15) is 0 Å². The lowest BCUT2D eigenvalue weighted by molar-refractivity contribution is -0.130. The number of aryl methyl sites for hydroxylation is 1. The summed E-state index contributed by atoms with van der Waals surface area (Å²) in [5.41, 5.74) is 8.71. The first kappa shape index (κ1) is 14.1. The number of hydrogen-bond donors (Lipinski definition) is 1. The van der Waals surface area contributed by atoms with Crippen molar-refractivity contribution in [2.24, 2.45) is 11.7 Å². The number of amides is 1. The molecule has 0 spiro atoms. The molecule has 0 aliphatic heterocycles. The molecule has 0 saturated heterocycles. The largest absolute Gasteiger partial charge is 0.340 e. The van der Waals surface area contributed by atoms with Crippen molar-refractivity contribution >= 4 is 17.2 Å². The molecule has 1 unspecified atom stereocenters. The molecule has 17 heavy (non-hydrogen) atoms. The third kappa shape index (κ3) is 4.09. The molecule has 1 heterocycles. The first-order valence-electron chi connectivity index (χ1n) is 5.80. The Kier molecular flexibility index (Phi) is 5.08. The van der Waals surface area contributed by atoms with Crippen molar-refractivity contribution in [3.05, 3.63) is 16.1 Å². The van der Waals surface area contributed by atoms with Gasteiger partial charge in [-0.25, -0.2) is 4.98 Å². The minimum Gasteiger partial charge on any atom is -0.340 e. The van der Waals surface area contributed by atoms with Gasteiger partial charge in [-0.1, -0.05) is 13.8 Å². The molecule has 0 aromatic carbocycles. The number of rotatable bonds is 5. The van der Waals surface area contributed by atoms with E-state index in [1.54, 1.807) is 16.2 Å². The van der Waals surface area contributed by atoms with Gasteiger partial charge in [0.2, 0.25) is 5.91 Å². The van der Waals surface area contributed by atoms with Crippen molar-refractivity contribution in [2.75, 3.05) is 7.05 Å². The van der Waals surface area contributed by atoms with Gasteiger partial charge in [-0.15, -0.1) is 11.3 Å². The number of hydrogen-bond acceptors (Lipinski definition) is 4. The van der Waals surface area contributed by atoms with E-state index < -0.39 is 0 Å². The lowest BCUT2D eigenvalue weighted by Gasteiger charge is -2.21. The van der Waals surface area contributed by atoms with Crippen LogP contribution in [0, 0.1) is 12.8 Å². The van der Waals surface area contributed by atoms with E-state index in [0.717, 1.165) is 10.6 Å². The van der Waals surface area contributed by atoms with Crippen LogP contribution in [-0.2, 0) is 11.3 Å². The highest BCUT2D eigenvalue weighted by atomic mass is 32.1. The number of nitrogens with two attached hydrogens (primary N) is 1. The van der Waals surface area contributed by atoms with Crippen molar-refractivity contribution in [1.29, 1.82) is 0 Å². The molecule has 1 aromatic rings. The van der Waals surface area contributed by atoms with Gasteiger partial charge in [-0.2, -0.15) is 0 Å². The van der Waals surface area contributed by atoms with Crippen LogP contribution in [0.2, 0.25) is 0 Å². The number of nitrogens with zero attached hydrogens (tertiary/aromatic N) is 2. The first-order valence-corrected chi connectivity index (χ1v) is 6.68. The molecule has 5 heteroatoms. The van der Waals surface area contributed by atoms with Gasteiger partial charge in [0.05, 0.1) is 17.7 Å². The van der Waals surface area contributed by atoms with Crippen LogP contribution >= 0.6 is 11.3 Å². The molecule has 0 aliphatic carbocycles. The summed E-state index contributed by atoms with van der Waals surface area (Å²) in [6.07, 6.45) is 0.409. The zero-order valence-corrected chi connectivity index (χ0v) is 11.8. The van der Waals surface area contributed by atoms with Crippen molar-refractivity contribution in [1.82, 2.24) is 9.88 Å². The summed E-state index contributed by atoms with van der Waals surface area (Å²) < 4.78 is 0. The number of thiazole rings is 1. The zero-order valence-electron chi connectivity index (χ0n) is 10.9. The molecule has 96 valence electrons. The van der Waals surface area contributed by atoms with Crippen LogP contribution in [0.5, 0.6) is 0 Å². The molecule has 4 nitrogen and oxygen atoms in total. The van der Waals surface area contributed by atoms with E-state index in [1.165, 1.54) is 0 Å². The predicted octanol–water partition coefficient (Wildman–Crippen LogP) is 1.78. The highest BCUT2D eigenvalue weighted by molar-refractivity contribution is 7.09. The summed E-state index contributed by atoms with van der Waals surface area (Å²) in [7, 11) is 1.81. The van der Waals surface area contributed by atoms with Gasteiger partial charge in [-0.3, -0.25) is 4.79 Å². The van der Waals surface area contributed by atoms with E-state index in [9.17, 15) is 4.79 Å². The average molecular weight is 255 g/mol. The van der Waals surface area contributed by atoms with E-state index >= 15 is 0 Å². The number of carbonyl (C=O) groups is 1. The van der Waals surface area contributed by atoms with Gasteiger partial charge in [0.15, 0.2) is 0 Å². The second kappa shape index (κ2) is 6.12. The fourth-order valence-electron chi connectivity index (χ4n) is 1.37. The van der Waals surface area contributed by atoms with E-state index in [0.29, 0.717) is 18.9 Å². The van der Waals surface area contributed by atoms with E-state index in [4.69, 9.17) is 5.73 Å². The fraction of sp³-hybridized carbons (Fsp3) is 0.667. The van der Waals surface area contributed by atoms with Gasteiger partial charge in [-0.05, 0) is 12.8 Å². The Bertz CT molecular complexity index is 376. The third-order valence-electron chi connectivity index (χ3n) is 2.92. The van der Waals surface area contributed by atoms with Crippen molar-refractivity contribution in [3.63, 3.8) is 0 Å². The van der Waals surface area contributed by atoms with Crippen LogP contribution in [0.15, 0.2) is 5.51 Å². The predicted molar refractivity (Wildman–Crippen MR) is 70.8 cm³/mol. The van der Waals surface area contributed by atoms with Crippen LogP contribution in [0.4, 0.5) is 0 Å². The maximum atomic E-state index is 11.9. The minimum absolute atomic E-state index is 0.0625. The van der Waals surface area contributed by atoms with Gasteiger partial charge >= 0.3 is 0 Å². The van der Waals surface area contributed by atoms with E-state index in [-0.39, 0.29) is 11.9 Å². The Hall–Kier alpha value is -0.940. The summed E-state index contributed by atoms with van der Waals surface area (Å²) in [5.74, 6) is 0.427. The van der Waals surface area contributed by atoms with Crippen LogP contribution < -0.4 is 5.73 Å². The molecule has 0 fully saturated rings. The molecule has 0 bridgehead atoms.